The molecule has 0 aliphatic rings. The monoisotopic (exact) mass is 292 g/mol. The Bertz CT molecular complexity index is 356. The van der Waals surface area contributed by atoms with Gasteiger partial charge in [-0.05, 0) is 18.0 Å². The molecular formula is C9H19F3O3SSi. The summed E-state index contributed by atoms with van der Waals surface area (Å²) in [5, 5.41) is -2.41. The molecule has 0 fully saturated rings. The zero-order chi connectivity index (χ0) is 14.3. The highest BCUT2D eigenvalue weighted by atomic mass is 32.2. The van der Waals surface area contributed by atoms with E-state index in [0.717, 1.165) is 13.5 Å². The number of rotatable bonds is 3. The van der Waals surface area contributed by atoms with Crippen molar-refractivity contribution in [3.05, 3.63) is 0 Å². The highest BCUT2D eigenvalue weighted by molar-refractivity contribution is 7.86. The Morgan fingerprint density at radius 2 is 1.59 bits per heavy atom. The van der Waals surface area contributed by atoms with Crippen molar-refractivity contribution < 1.29 is 26.1 Å². The first-order valence-electron chi connectivity index (χ1n) is 5.16. The third-order valence-electron chi connectivity index (χ3n) is 3.49. The van der Waals surface area contributed by atoms with Crippen LogP contribution in [-0.2, 0) is 10.1 Å². The fourth-order valence-corrected chi connectivity index (χ4v) is 6.21. The maximum absolute atomic E-state index is 13.1. The van der Waals surface area contributed by atoms with Crippen LogP contribution in [0.2, 0.25) is 17.6 Å². The highest BCUT2D eigenvalue weighted by Gasteiger charge is 2.61. The van der Waals surface area contributed by atoms with Crippen molar-refractivity contribution in [1.29, 1.82) is 0 Å². The molecule has 0 aliphatic heterocycles. The van der Waals surface area contributed by atoms with Gasteiger partial charge in [-0.1, -0.05) is 27.3 Å². The van der Waals surface area contributed by atoms with Gasteiger partial charge in [0.05, 0.1) is 5.25 Å². The van der Waals surface area contributed by atoms with Gasteiger partial charge in [0.1, 0.15) is 0 Å². The Balaban J connectivity index is 5.42. The Hall–Kier alpha value is -0.0831. The molecule has 1 N–H and O–H groups in total. The minimum Gasteiger partial charge on any atom is -0.285 e. The standard InChI is InChI=1S/C9H19F3O3SSi/c1-7(16(13,14)15)6-17(5,8(2,3)4)9(10,11)12/h7H,6H2,1-5H3,(H,13,14,15). The summed E-state index contributed by atoms with van der Waals surface area (Å²) in [6.45, 7) is 6.61. The molecule has 2 unspecified atom stereocenters. The number of halogens is 3. The molecule has 0 saturated carbocycles. The molecule has 8 heteroatoms. The number of alkyl halides is 3. The summed E-state index contributed by atoms with van der Waals surface area (Å²) in [6.07, 6.45) is 0. The van der Waals surface area contributed by atoms with Crippen molar-refractivity contribution in [2.24, 2.45) is 0 Å². The lowest BCUT2D eigenvalue weighted by Crippen LogP contribution is -2.56. The SMILES string of the molecule is CC(C[Si](C)(C(C)(C)C)C(F)(F)F)S(=O)(=O)O. The molecule has 17 heavy (non-hydrogen) atoms. The summed E-state index contributed by atoms with van der Waals surface area (Å²) in [6, 6.07) is -0.529. The van der Waals surface area contributed by atoms with Gasteiger partial charge in [-0.2, -0.15) is 21.6 Å². The van der Waals surface area contributed by atoms with Gasteiger partial charge in [0.25, 0.3) is 10.1 Å². The second kappa shape index (κ2) is 4.54. The molecule has 0 heterocycles. The first-order valence-corrected chi connectivity index (χ1v) is 9.37. The molecule has 3 nitrogen and oxygen atoms in total. The Labute approximate surface area is 101 Å². The molecular weight excluding hydrogens is 273 g/mol. The lowest BCUT2D eigenvalue weighted by molar-refractivity contribution is -0.0601. The molecule has 0 radical (unpaired) electrons. The Morgan fingerprint density at radius 1 is 1.24 bits per heavy atom. The zero-order valence-corrected chi connectivity index (χ0v) is 12.4. The molecule has 0 aliphatic carbocycles. The van der Waals surface area contributed by atoms with Gasteiger partial charge < -0.3 is 0 Å². The molecule has 0 amide bonds. The first-order chi connectivity index (χ1) is 7.13. The van der Waals surface area contributed by atoms with Crippen LogP contribution in [0, 0.1) is 0 Å². The number of hydrogen-bond donors (Lipinski definition) is 1. The minimum atomic E-state index is -4.42. The fraction of sp³-hybridized carbons (Fsp3) is 1.00. The van der Waals surface area contributed by atoms with Crippen molar-refractivity contribution in [3.63, 3.8) is 0 Å². The summed E-state index contributed by atoms with van der Waals surface area (Å²) < 4.78 is 70.0. The second-order valence-corrected chi connectivity index (χ2v) is 12.6. The van der Waals surface area contributed by atoms with Gasteiger partial charge in [-0.25, -0.2) is 0 Å². The smallest absolute Gasteiger partial charge is 0.285 e. The topological polar surface area (TPSA) is 54.4 Å². The van der Waals surface area contributed by atoms with Crippen LogP contribution in [-0.4, -0.2) is 32.1 Å². The van der Waals surface area contributed by atoms with Crippen molar-refractivity contribution >= 4 is 18.2 Å². The van der Waals surface area contributed by atoms with Crippen LogP contribution in [0.3, 0.4) is 0 Å². The van der Waals surface area contributed by atoms with Crippen molar-refractivity contribution in [1.82, 2.24) is 0 Å². The lowest BCUT2D eigenvalue weighted by Gasteiger charge is -2.41. The van der Waals surface area contributed by atoms with Gasteiger partial charge in [0.15, 0.2) is 8.07 Å². The second-order valence-electron chi connectivity index (χ2n) is 5.61. The van der Waals surface area contributed by atoms with Gasteiger partial charge in [-0.3, -0.25) is 4.55 Å². The van der Waals surface area contributed by atoms with Gasteiger partial charge in [0.2, 0.25) is 0 Å². The first kappa shape index (κ1) is 16.9. The number of hydrogen-bond acceptors (Lipinski definition) is 2. The molecule has 0 aromatic rings. The molecule has 0 aromatic carbocycles. The largest absolute Gasteiger partial charge is 0.361 e. The maximum atomic E-state index is 13.1. The van der Waals surface area contributed by atoms with E-state index in [9.17, 15) is 21.6 Å². The summed E-state index contributed by atoms with van der Waals surface area (Å²) in [7, 11) is -8.29. The molecule has 0 rings (SSSR count). The van der Waals surface area contributed by atoms with E-state index >= 15 is 0 Å². The van der Waals surface area contributed by atoms with Crippen LogP contribution in [0.4, 0.5) is 13.2 Å². The molecule has 2 atom stereocenters. The van der Waals surface area contributed by atoms with Crippen molar-refractivity contribution in [3.8, 4) is 0 Å². The van der Waals surface area contributed by atoms with Gasteiger partial charge >= 0.3 is 5.80 Å². The van der Waals surface area contributed by atoms with E-state index in [2.05, 4.69) is 0 Å². The summed E-state index contributed by atoms with van der Waals surface area (Å²) >= 11 is 0. The van der Waals surface area contributed by atoms with Gasteiger partial charge in [0, 0.05) is 0 Å². The van der Waals surface area contributed by atoms with Crippen LogP contribution in [0.1, 0.15) is 27.7 Å². The van der Waals surface area contributed by atoms with Crippen molar-refractivity contribution in [2.75, 3.05) is 0 Å². The van der Waals surface area contributed by atoms with Crippen LogP contribution in [0.25, 0.3) is 0 Å². The summed E-state index contributed by atoms with van der Waals surface area (Å²) in [4.78, 5) is 0. The maximum Gasteiger partial charge on any atom is 0.361 e. The van der Waals surface area contributed by atoms with Crippen LogP contribution >= 0.6 is 0 Å². The van der Waals surface area contributed by atoms with Crippen molar-refractivity contribution in [2.45, 2.75) is 56.4 Å². The Kier molecular flexibility index (Phi) is 4.52. The fourth-order valence-electron chi connectivity index (χ4n) is 1.53. The highest BCUT2D eigenvalue weighted by Crippen LogP contribution is 2.49. The molecule has 0 aromatic heterocycles. The molecule has 0 saturated heterocycles. The molecule has 0 spiro atoms. The molecule has 0 bridgehead atoms. The minimum absolute atomic E-state index is 0.529. The Morgan fingerprint density at radius 3 is 1.76 bits per heavy atom. The summed E-state index contributed by atoms with van der Waals surface area (Å²) in [5.41, 5.74) is 0. The van der Waals surface area contributed by atoms with E-state index in [4.69, 9.17) is 4.55 Å². The summed E-state index contributed by atoms with van der Waals surface area (Å²) in [5.74, 6) is -4.40. The third kappa shape index (κ3) is 3.69. The van der Waals surface area contributed by atoms with E-state index in [1.165, 1.54) is 20.8 Å². The van der Waals surface area contributed by atoms with E-state index in [-0.39, 0.29) is 0 Å². The zero-order valence-electron chi connectivity index (χ0n) is 10.6. The average Bonchev–Trinajstić information content (AvgIpc) is 1.97. The third-order valence-corrected chi connectivity index (χ3v) is 11.0. The van der Waals surface area contributed by atoms with E-state index in [1.54, 1.807) is 0 Å². The van der Waals surface area contributed by atoms with Crippen LogP contribution in [0.15, 0.2) is 0 Å². The quantitative estimate of drug-likeness (QED) is 0.642. The predicted octanol–water partition coefficient (Wildman–Crippen LogP) is 3.24. The lowest BCUT2D eigenvalue weighted by atomic mass is 10.2. The van der Waals surface area contributed by atoms with E-state index in [0.29, 0.717) is 0 Å². The van der Waals surface area contributed by atoms with Crippen LogP contribution in [0.5, 0.6) is 0 Å². The predicted molar refractivity (Wildman–Crippen MR) is 63.2 cm³/mol. The van der Waals surface area contributed by atoms with E-state index in [1.807, 2.05) is 0 Å². The normalized spacial score (nSPS) is 19.8. The average molecular weight is 292 g/mol. The van der Waals surface area contributed by atoms with Crippen LogP contribution < -0.4 is 0 Å². The van der Waals surface area contributed by atoms with E-state index < -0.39 is 40.3 Å². The molecule has 104 valence electrons. The van der Waals surface area contributed by atoms with Gasteiger partial charge in [-0.15, -0.1) is 0 Å².